The third-order valence-electron chi connectivity index (χ3n) is 3.61. The quantitative estimate of drug-likeness (QED) is 0.827. The van der Waals surface area contributed by atoms with Crippen molar-refractivity contribution in [3.8, 4) is 0 Å². The Morgan fingerprint density at radius 1 is 1.70 bits per heavy atom. The number of allylic oxidation sites excluding steroid dienone is 1. The summed E-state index contributed by atoms with van der Waals surface area (Å²) in [5.41, 5.74) is 0.733. The van der Waals surface area contributed by atoms with E-state index in [-0.39, 0.29) is 5.56 Å². The molecule has 0 spiro atoms. The summed E-state index contributed by atoms with van der Waals surface area (Å²) in [6, 6.07) is 0. The first kappa shape index (κ1) is 15.3. The number of hydrogen-bond acceptors (Lipinski definition) is 4. The molecule has 0 aliphatic carbocycles. The Morgan fingerprint density at radius 3 is 3.15 bits per heavy atom. The highest BCUT2D eigenvalue weighted by molar-refractivity contribution is 9.10. The van der Waals surface area contributed by atoms with Crippen LogP contribution >= 0.6 is 15.9 Å². The summed E-state index contributed by atoms with van der Waals surface area (Å²) in [6.07, 6.45) is 5.86. The predicted octanol–water partition coefficient (Wildman–Crippen LogP) is 1.63. The van der Waals surface area contributed by atoms with E-state index in [9.17, 15) is 4.79 Å². The standard InChI is InChI=1S/C14H21BrN4O/c1-3-7-19-14(20)13(15)12(9-17-19)18(2)10-11-5-4-6-16-8-11/h3,9,11,16H,1,4-8,10H2,2H3. The monoisotopic (exact) mass is 340 g/mol. The molecule has 1 atom stereocenters. The lowest BCUT2D eigenvalue weighted by atomic mass is 9.99. The van der Waals surface area contributed by atoms with Gasteiger partial charge in [0.1, 0.15) is 4.47 Å². The van der Waals surface area contributed by atoms with Gasteiger partial charge in [-0.3, -0.25) is 4.79 Å². The van der Waals surface area contributed by atoms with Crippen LogP contribution < -0.4 is 15.8 Å². The molecule has 1 aliphatic heterocycles. The van der Waals surface area contributed by atoms with E-state index >= 15 is 0 Å². The largest absolute Gasteiger partial charge is 0.372 e. The topological polar surface area (TPSA) is 50.2 Å². The zero-order valence-corrected chi connectivity index (χ0v) is 13.4. The van der Waals surface area contributed by atoms with E-state index in [1.165, 1.54) is 17.5 Å². The molecule has 2 heterocycles. The molecule has 1 aromatic rings. The molecule has 1 saturated heterocycles. The molecule has 0 aromatic carbocycles. The van der Waals surface area contributed by atoms with Crippen molar-refractivity contribution in [3.05, 3.63) is 33.7 Å². The minimum atomic E-state index is -0.115. The van der Waals surface area contributed by atoms with Crippen molar-refractivity contribution >= 4 is 21.6 Å². The van der Waals surface area contributed by atoms with Gasteiger partial charge in [-0.25, -0.2) is 4.68 Å². The van der Waals surface area contributed by atoms with Crippen molar-refractivity contribution in [3.63, 3.8) is 0 Å². The molecule has 0 amide bonds. The first-order valence-electron chi connectivity index (χ1n) is 6.92. The van der Waals surface area contributed by atoms with Gasteiger partial charge >= 0.3 is 0 Å². The lowest BCUT2D eigenvalue weighted by Gasteiger charge is -2.29. The average molecular weight is 341 g/mol. The van der Waals surface area contributed by atoms with Gasteiger partial charge in [0.2, 0.25) is 0 Å². The van der Waals surface area contributed by atoms with Gasteiger partial charge in [-0.1, -0.05) is 6.08 Å². The Hall–Kier alpha value is -1.14. The number of piperidine rings is 1. The van der Waals surface area contributed by atoms with E-state index in [4.69, 9.17) is 0 Å². The highest BCUT2D eigenvalue weighted by Gasteiger charge is 2.18. The highest BCUT2D eigenvalue weighted by Crippen LogP contribution is 2.22. The van der Waals surface area contributed by atoms with Crippen molar-refractivity contribution in [1.82, 2.24) is 15.1 Å². The first-order valence-corrected chi connectivity index (χ1v) is 7.71. The Bertz CT molecular complexity index is 522. The summed E-state index contributed by atoms with van der Waals surface area (Å²) < 4.78 is 1.97. The maximum Gasteiger partial charge on any atom is 0.283 e. The molecular weight excluding hydrogens is 320 g/mol. The molecule has 1 unspecified atom stereocenters. The van der Waals surface area contributed by atoms with E-state index in [0.29, 0.717) is 16.9 Å². The molecule has 0 bridgehead atoms. The van der Waals surface area contributed by atoms with Crippen LogP contribution in [0, 0.1) is 5.92 Å². The Labute approximate surface area is 127 Å². The second kappa shape index (κ2) is 7.04. The van der Waals surface area contributed by atoms with Crippen LogP contribution in [0.5, 0.6) is 0 Å². The molecule has 2 rings (SSSR count). The van der Waals surface area contributed by atoms with Gasteiger partial charge in [-0.2, -0.15) is 5.10 Å². The van der Waals surface area contributed by atoms with Gasteiger partial charge in [0.15, 0.2) is 0 Å². The SMILES string of the molecule is C=CCn1ncc(N(C)CC2CCCNC2)c(Br)c1=O. The fraction of sp³-hybridized carbons (Fsp3) is 0.571. The van der Waals surface area contributed by atoms with Gasteiger partial charge in [-0.05, 0) is 47.8 Å². The Balaban J connectivity index is 2.13. The van der Waals surface area contributed by atoms with Gasteiger partial charge in [0.05, 0.1) is 18.4 Å². The second-order valence-corrected chi connectivity index (χ2v) is 6.01. The maximum atomic E-state index is 12.1. The number of anilines is 1. The maximum absolute atomic E-state index is 12.1. The Kier molecular flexibility index (Phi) is 5.37. The lowest BCUT2D eigenvalue weighted by molar-refractivity contribution is 0.381. The molecule has 0 saturated carbocycles. The minimum absolute atomic E-state index is 0.115. The van der Waals surface area contributed by atoms with Crippen molar-refractivity contribution in [1.29, 1.82) is 0 Å². The summed E-state index contributed by atoms with van der Waals surface area (Å²) in [5, 5.41) is 7.60. The molecule has 6 heteroatoms. The van der Waals surface area contributed by atoms with Gasteiger partial charge in [0, 0.05) is 13.6 Å². The Morgan fingerprint density at radius 2 is 2.50 bits per heavy atom. The highest BCUT2D eigenvalue weighted by atomic mass is 79.9. The summed E-state index contributed by atoms with van der Waals surface area (Å²) in [7, 11) is 2.01. The molecule has 20 heavy (non-hydrogen) atoms. The first-order chi connectivity index (χ1) is 9.63. The average Bonchev–Trinajstić information content (AvgIpc) is 2.45. The zero-order valence-electron chi connectivity index (χ0n) is 11.8. The van der Waals surface area contributed by atoms with Crippen LogP contribution in [0.3, 0.4) is 0 Å². The van der Waals surface area contributed by atoms with E-state index in [0.717, 1.165) is 25.3 Å². The van der Waals surface area contributed by atoms with Gasteiger partial charge in [-0.15, -0.1) is 6.58 Å². The third kappa shape index (κ3) is 3.49. The molecule has 1 fully saturated rings. The van der Waals surface area contributed by atoms with Crippen LogP contribution in [-0.4, -0.2) is 36.5 Å². The number of nitrogens with zero attached hydrogens (tertiary/aromatic N) is 3. The van der Waals surface area contributed by atoms with E-state index < -0.39 is 0 Å². The fourth-order valence-corrected chi connectivity index (χ4v) is 3.15. The van der Waals surface area contributed by atoms with Gasteiger partial charge in [0.25, 0.3) is 5.56 Å². The van der Waals surface area contributed by atoms with E-state index in [2.05, 4.69) is 37.8 Å². The summed E-state index contributed by atoms with van der Waals surface area (Å²) >= 11 is 3.40. The van der Waals surface area contributed by atoms with E-state index in [1.54, 1.807) is 12.3 Å². The van der Waals surface area contributed by atoms with Crippen LogP contribution in [0.2, 0.25) is 0 Å². The minimum Gasteiger partial charge on any atom is -0.372 e. The molecule has 1 N–H and O–H groups in total. The summed E-state index contributed by atoms with van der Waals surface area (Å²) in [4.78, 5) is 14.2. The summed E-state index contributed by atoms with van der Waals surface area (Å²) in [5.74, 6) is 0.622. The molecule has 5 nitrogen and oxygen atoms in total. The van der Waals surface area contributed by atoms with Gasteiger partial charge < -0.3 is 10.2 Å². The van der Waals surface area contributed by atoms with Crippen LogP contribution in [0.15, 0.2) is 28.1 Å². The molecule has 0 radical (unpaired) electrons. The molecule has 1 aliphatic rings. The predicted molar refractivity (Wildman–Crippen MR) is 85.3 cm³/mol. The third-order valence-corrected chi connectivity index (χ3v) is 4.36. The summed E-state index contributed by atoms with van der Waals surface area (Å²) in [6.45, 7) is 7.14. The number of hydrogen-bond donors (Lipinski definition) is 1. The zero-order chi connectivity index (χ0) is 14.5. The molecular formula is C14H21BrN4O. The number of rotatable bonds is 5. The van der Waals surface area contributed by atoms with Crippen molar-refractivity contribution in [2.75, 3.05) is 31.6 Å². The van der Waals surface area contributed by atoms with Crippen LogP contribution in [0.1, 0.15) is 12.8 Å². The molecule has 1 aromatic heterocycles. The second-order valence-electron chi connectivity index (χ2n) is 5.21. The van der Waals surface area contributed by atoms with E-state index in [1.807, 2.05) is 7.05 Å². The fourth-order valence-electron chi connectivity index (χ4n) is 2.54. The van der Waals surface area contributed by atoms with Crippen LogP contribution in [0.4, 0.5) is 5.69 Å². The van der Waals surface area contributed by atoms with Crippen molar-refractivity contribution < 1.29 is 0 Å². The van der Waals surface area contributed by atoms with Crippen molar-refractivity contribution in [2.24, 2.45) is 5.92 Å². The smallest absolute Gasteiger partial charge is 0.283 e. The van der Waals surface area contributed by atoms with Crippen molar-refractivity contribution in [2.45, 2.75) is 19.4 Å². The van der Waals surface area contributed by atoms with Crippen LogP contribution in [-0.2, 0) is 6.54 Å². The number of aromatic nitrogens is 2. The molecule has 110 valence electrons. The normalized spacial score (nSPS) is 18.8. The lowest BCUT2D eigenvalue weighted by Crippen LogP contribution is -2.37. The number of halogens is 1. The van der Waals surface area contributed by atoms with Crippen LogP contribution in [0.25, 0.3) is 0 Å². The number of nitrogens with one attached hydrogen (secondary N) is 1.